The van der Waals surface area contributed by atoms with Gasteiger partial charge < -0.3 is 19.9 Å². The maximum Gasteiger partial charge on any atom is 0.340 e. The van der Waals surface area contributed by atoms with Crippen LogP contribution in [0, 0.1) is 0 Å². The molecule has 144 valence electrons. The van der Waals surface area contributed by atoms with E-state index in [4.69, 9.17) is 28.6 Å². The zero-order chi connectivity index (χ0) is 19.4. The molecule has 0 unspecified atom stereocenters. The Labute approximate surface area is 173 Å². The van der Waals surface area contributed by atoms with E-state index in [1.807, 2.05) is 24.3 Å². The Kier molecular flexibility index (Phi) is 6.57. The maximum atomic E-state index is 12.0. The first-order chi connectivity index (χ1) is 13.0. The summed E-state index contributed by atoms with van der Waals surface area (Å²) in [5.41, 5.74) is 1.67. The summed E-state index contributed by atoms with van der Waals surface area (Å²) in [6, 6.07) is 9.77. The number of carbonyl (C=O) groups excluding carboxylic acids is 1. The summed E-state index contributed by atoms with van der Waals surface area (Å²) >= 11 is 13.2. The molecule has 1 aliphatic rings. The highest BCUT2D eigenvalue weighted by atomic mass is 35.5. The normalized spacial score (nSPS) is 14.2. The van der Waals surface area contributed by atoms with E-state index in [0.717, 1.165) is 53.2 Å². The van der Waals surface area contributed by atoms with Gasteiger partial charge in [0, 0.05) is 41.8 Å². The SMILES string of the molecule is CCc1cc(C(=O)OC)c(NC(=S)N2CCN(c3cccc(Cl)c3)CC2)s1. The number of esters is 1. The molecule has 0 radical (unpaired) electrons. The minimum absolute atomic E-state index is 0.345. The first-order valence-corrected chi connectivity index (χ1v) is 10.4. The number of benzene rings is 1. The Morgan fingerprint density at radius 1 is 1.30 bits per heavy atom. The number of hydrogen-bond acceptors (Lipinski definition) is 5. The smallest absolute Gasteiger partial charge is 0.340 e. The van der Waals surface area contributed by atoms with Gasteiger partial charge in [0.1, 0.15) is 5.00 Å². The van der Waals surface area contributed by atoms with Crippen molar-refractivity contribution in [1.82, 2.24) is 4.90 Å². The van der Waals surface area contributed by atoms with E-state index in [2.05, 4.69) is 28.1 Å². The summed E-state index contributed by atoms with van der Waals surface area (Å²) in [5, 5.41) is 5.38. The summed E-state index contributed by atoms with van der Waals surface area (Å²) in [7, 11) is 1.39. The molecule has 1 aromatic carbocycles. The van der Waals surface area contributed by atoms with Crippen LogP contribution >= 0.6 is 35.2 Å². The highest BCUT2D eigenvalue weighted by Gasteiger charge is 2.22. The molecule has 0 atom stereocenters. The van der Waals surface area contributed by atoms with Gasteiger partial charge in [0.05, 0.1) is 12.7 Å². The summed E-state index contributed by atoms with van der Waals surface area (Å²) in [4.78, 5) is 17.6. The molecule has 0 aliphatic carbocycles. The minimum atomic E-state index is -0.345. The number of aryl methyl sites for hydroxylation is 1. The predicted molar refractivity (Wildman–Crippen MR) is 116 cm³/mol. The second kappa shape index (κ2) is 8.91. The van der Waals surface area contributed by atoms with Crippen molar-refractivity contribution in [3.05, 3.63) is 45.8 Å². The van der Waals surface area contributed by atoms with Crippen LogP contribution in [0.15, 0.2) is 30.3 Å². The van der Waals surface area contributed by atoms with Crippen LogP contribution in [0.2, 0.25) is 5.02 Å². The van der Waals surface area contributed by atoms with Crippen molar-refractivity contribution in [3.63, 3.8) is 0 Å². The average Bonchev–Trinajstić information content (AvgIpc) is 3.10. The van der Waals surface area contributed by atoms with Gasteiger partial charge in [0.2, 0.25) is 0 Å². The minimum Gasteiger partial charge on any atom is -0.465 e. The van der Waals surface area contributed by atoms with Gasteiger partial charge in [0.25, 0.3) is 0 Å². The number of carbonyl (C=O) groups is 1. The Hall–Kier alpha value is -1.83. The van der Waals surface area contributed by atoms with E-state index in [1.54, 1.807) is 11.3 Å². The molecule has 0 bridgehead atoms. The lowest BCUT2D eigenvalue weighted by Crippen LogP contribution is -2.50. The molecule has 1 saturated heterocycles. The van der Waals surface area contributed by atoms with Gasteiger partial charge in [-0.3, -0.25) is 0 Å². The number of methoxy groups -OCH3 is 1. The van der Waals surface area contributed by atoms with Crippen LogP contribution in [0.3, 0.4) is 0 Å². The summed E-state index contributed by atoms with van der Waals surface area (Å²) in [6.07, 6.45) is 0.863. The van der Waals surface area contributed by atoms with Crippen molar-refractivity contribution < 1.29 is 9.53 Å². The molecule has 2 heterocycles. The Morgan fingerprint density at radius 3 is 2.67 bits per heavy atom. The van der Waals surface area contributed by atoms with Crippen molar-refractivity contribution in [3.8, 4) is 0 Å². The van der Waals surface area contributed by atoms with Crippen LogP contribution in [0.4, 0.5) is 10.7 Å². The molecule has 0 amide bonds. The first-order valence-electron chi connectivity index (χ1n) is 8.79. The van der Waals surface area contributed by atoms with Crippen molar-refractivity contribution in [2.75, 3.05) is 43.5 Å². The molecular formula is C19H22ClN3O2S2. The molecular weight excluding hydrogens is 402 g/mol. The quantitative estimate of drug-likeness (QED) is 0.585. The summed E-state index contributed by atoms with van der Waals surface area (Å²) in [5.74, 6) is -0.345. The molecule has 3 rings (SSSR count). The zero-order valence-electron chi connectivity index (χ0n) is 15.3. The van der Waals surface area contributed by atoms with Crippen LogP contribution in [-0.2, 0) is 11.2 Å². The van der Waals surface area contributed by atoms with Crippen LogP contribution < -0.4 is 10.2 Å². The first kappa shape index (κ1) is 19.9. The van der Waals surface area contributed by atoms with Crippen molar-refractivity contribution in [2.45, 2.75) is 13.3 Å². The second-order valence-electron chi connectivity index (χ2n) is 6.18. The number of hydrogen-bond donors (Lipinski definition) is 1. The third-order valence-electron chi connectivity index (χ3n) is 4.50. The van der Waals surface area contributed by atoms with Gasteiger partial charge in [0.15, 0.2) is 5.11 Å². The number of anilines is 2. The number of rotatable bonds is 4. The van der Waals surface area contributed by atoms with Gasteiger partial charge in [-0.05, 0) is 42.9 Å². The standard InChI is InChI=1S/C19H22ClN3O2S2/c1-3-15-12-16(18(24)25-2)17(27-15)21-19(26)23-9-7-22(8-10-23)14-6-4-5-13(20)11-14/h4-6,11-12H,3,7-10H2,1-2H3,(H,21,26). The molecule has 1 aromatic heterocycles. The topological polar surface area (TPSA) is 44.8 Å². The van der Waals surface area contributed by atoms with Crippen LogP contribution in [-0.4, -0.2) is 49.3 Å². The lowest BCUT2D eigenvalue weighted by atomic mass is 10.2. The molecule has 5 nitrogen and oxygen atoms in total. The fourth-order valence-corrected chi connectivity index (χ4v) is 4.50. The van der Waals surface area contributed by atoms with Crippen molar-refractivity contribution >= 4 is 56.9 Å². The molecule has 27 heavy (non-hydrogen) atoms. The Balaban J connectivity index is 1.63. The lowest BCUT2D eigenvalue weighted by Gasteiger charge is -2.37. The molecule has 0 saturated carbocycles. The van der Waals surface area contributed by atoms with E-state index in [9.17, 15) is 4.79 Å². The van der Waals surface area contributed by atoms with E-state index in [0.29, 0.717) is 10.7 Å². The van der Waals surface area contributed by atoms with E-state index >= 15 is 0 Å². The fraction of sp³-hybridized carbons (Fsp3) is 0.368. The van der Waals surface area contributed by atoms with Gasteiger partial charge in [-0.2, -0.15) is 0 Å². The third kappa shape index (κ3) is 4.72. The fourth-order valence-electron chi connectivity index (χ4n) is 2.99. The number of nitrogens with zero attached hydrogens (tertiary/aromatic N) is 2. The third-order valence-corrected chi connectivity index (χ3v) is 6.29. The number of ether oxygens (including phenoxy) is 1. The van der Waals surface area contributed by atoms with Gasteiger partial charge in [-0.25, -0.2) is 4.79 Å². The Bertz CT molecular complexity index is 832. The van der Waals surface area contributed by atoms with E-state index < -0.39 is 0 Å². The van der Waals surface area contributed by atoms with E-state index in [1.165, 1.54) is 7.11 Å². The lowest BCUT2D eigenvalue weighted by molar-refractivity contribution is 0.0602. The van der Waals surface area contributed by atoms with Crippen LogP contribution in [0.5, 0.6) is 0 Å². The Morgan fingerprint density at radius 2 is 2.04 bits per heavy atom. The van der Waals surface area contributed by atoms with Crippen molar-refractivity contribution in [1.29, 1.82) is 0 Å². The number of thiocarbonyl (C=S) groups is 1. The molecule has 1 N–H and O–H groups in total. The van der Waals surface area contributed by atoms with E-state index in [-0.39, 0.29) is 5.97 Å². The van der Waals surface area contributed by atoms with Gasteiger partial charge >= 0.3 is 5.97 Å². The van der Waals surface area contributed by atoms with Crippen LogP contribution in [0.25, 0.3) is 0 Å². The number of nitrogens with one attached hydrogen (secondary N) is 1. The summed E-state index contributed by atoms with van der Waals surface area (Å²) in [6.45, 7) is 5.38. The molecule has 8 heteroatoms. The molecule has 0 spiro atoms. The zero-order valence-corrected chi connectivity index (χ0v) is 17.7. The largest absolute Gasteiger partial charge is 0.465 e. The molecule has 1 fully saturated rings. The highest BCUT2D eigenvalue weighted by molar-refractivity contribution is 7.80. The number of thiophene rings is 1. The predicted octanol–water partition coefficient (Wildman–Crippen LogP) is 4.27. The van der Waals surface area contributed by atoms with Crippen molar-refractivity contribution in [2.24, 2.45) is 0 Å². The number of piperazine rings is 1. The molecule has 2 aromatic rings. The van der Waals surface area contributed by atoms with Crippen LogP contribution in [0.1, 0.15) is 22.2 Å². The second-order valence-corrected chi connectivity index (χ2v) is 8.14. The highest BCUT2D eigenvalue weighted by Crippen LogP contribution is 2.30. The van der Waals surface area contributed by atoms with Gasteiger partial charge in [-0.15, -0.1) is 11.3 Å². The molecule has 1 aliphatic heterocycles. The van der Waals surface area contributed by atoms with Gasteiger partial charge in [-0.1, -0.05) is 24.6 Å². The monoisotopic (exact) mass is 423 g/mol. The maximum absolute atomic E-state index is 12.0. The number of halogens is 1. The average molecular weight is 424 g/mol. The summed E-state index contributed by atoms with van der Waals surface area (Å²) < 4.78 is 4.89.